The summed E-state index contributed by atoms with van der Waals surface area (Å²) in [6.45, 7) is 4.38. The quantitative estimate of drug-likeness (QED) is 0.169. The molecule has 0 radical (unpaired) electrons. The maximum Gasteiger partial charge on any atom is 0.326 e. The van der Waals surface area contributed by atoms with Crippen molar-refractivity contribution in [3.05, 3.63) is 101 Å². The number of carbonyl (C=O) groups is 4. The summed E-state index contributed by atoms with van der Waals surface area (Å²) in [6, 6.07) is 22.3. The molecule has 11 nitrogen and oxygen atoms in total. The summed E-state index contributed by atoms with van der Waals surface area (Å²) in [6.07, 6.45) is 0. The molecular formula is C38H42N4O7S2. The van der Waals surface area contributed by atoms with Gasteiger partial charge in [0.05, 0.1) is 22.6 Å². The number of carboxylic acid groups (broad SMARTS) is 2. The van der Waals surface area contributed by atoms with Crippen LogP contribution >= 0.6 is 23.5 Å². The molecule has 268 valence electrons. The van der Waals surface area contributed by atoms with Crippen molar-refractivity contribution in [2.24, 2.45) is 23.7 Å². The van der Waals surface area contributed by atoms with Crippen LogP contribution in [0.1, 0.15) is 48.2 Å². The Balaban J connectivity index is 1.08. The minimum atomic E-state index is -0.982. The number of hydrogen-bond acceptors (Lipinski definition) is 9. The zero-order chi connectivity index (χ0) is 36.0. The average molecular weight is 731 g/mol. The van der Waals surface area contributed by atoms with Gasteiger partial charge in [0.15, 0.2) is 0 Å². The molecule has 13 heteroatoms. The molecule has 0 saturated carbocycles. The van der Waals surface area contributed by atoms with Gasteiger partial charge < -0.3 is 35.8 Å². The second-order valence-electron chi connectivity index (χ2n) is 14.0. The summed E-state index contributed by atoms with van der Waals surface area (Å²) in [5.41, 5.74) is 3.36. The number of hydrogen-bond donors (Lipinski definition) is 5. The summed E-state index contributed by atoms with van der Waals surface area (Å²) in [7, 11) is 0. The number of nitrogens with one attached hydrogen (secondary N) is 2. The Bertz CT molecular complexity index is 1800. The van der Waals surface area contributed by atoms with Gasteiger partial charge in [-0.15, -0.1) is 23.5 Å². The van der Waals surface area contributed by atoms with Gasteiger partial charge in [-0.05, 0) is 40.7 Å². The predicted octanol–water partition coefficient (Wildman–Crippen LogP) is 4.30. The Hall–Kier alpha value is -4.04. The number of benzene rings is 3. The van der Waals surface area contributed by atoms with Crippen molar-refractivity contribution in [2.45, 2.75) is 61.9 Å². The zero-order valence-corrected chi connectivity index (χ0v) is 29.9. The van der Waals surface area contributed by atoms with E-state index in [2.05, 4.69) is 10.6 Å². The highest BCUT2D eigenvalue weighted by Gasteiger charge is 2.60. The highest BCUT2D eigenvalue weighted by Crippen LogP contribution is 2.50. The van der Waals surface area contributed by atoms with E-state index >= 15 is 0 Å². The van der Waals surface area contributed by atoms with E-state index in [4.69, 9.17) is 0 Å². The molecule has 3 aromatic rings. The van der Waals surface area contributed by atoms with Crippen molar-refractivity contribution in [1.29, 1.82) is 0 Å². The second kappa shape index (κ2) is 14.5. The summed E-state index contributed by atoms with van der Waals surface area (Å²) in [5, 5.41) is 37.3. The normalized spacial score (nSPS) is 29.6. The molecule has 8 unspecified atom stereocenters. The van der Waals surface area contributed by atoms with E-state index in [0.717, 1.165) is 16.7 Å². The fourth-order valence-electron chi connectivity index (χ4n) is 8.11. The molecule has 4 heterocycles. The van der Waals surface area contributed by atoms with Crippen LogP contribution in [0.5, 0.6) is 5.75 Å². The van der Waals surface area contributed by atoms with Gasteiger partial charge in [-0.2, -0.15) is 0 Å². The van der Waals surface area contributed by atoms with Crippen LogP contribution < -0.4 is 10.6 Å². The molecule has 0 aliphatic carbocycles. The lowest BCUT2D eigenvalue weighted by atomic mass is 9.82. The molecule has 4 saturated heterocycles. The number of thioether (sulfide) groups is 2. The van der Waals surface area contributed by atoms with Crippen LogP contribution in [0.4, 0.5) is 0 Å². The largest absolute Gasteiger partial charge is 0.508 e. The highest BCUT2D eigenvalue weighted by molar-refractivity contribution is 8.00. The van der Waals surface area contributed by atoms with E-state index in [1.807, 2.05) is 86.6 Å². The molecule has 4 fully saturated rings. The van der Waals surface area contributed by atoms with Crippen LogP contribution in [0.3, 0.4) is 0 Å². The molecule has 0 spiro atoms. The summed E-state index contributed by atoms with van der Waals surface area (Å²) in [5.74, 6) is -2.10. The number of β-lactam (4-membered cyclic amide) rings is 2. The average Bonchev–Trinajstić information content (AvgIpc) is 3.13. The summed E-state index contributed by atoms with van der Waals surface area (Å²) in [4.78, 5) is 54.5. The van der Waals surface area contributed by atoms with Gasteiger partial charge in [-0.3, -0.25) is 9.59 Å². The van der Waals surface area contributed by atoms with Crippen molar-refractivity contribution in [2.75, 3.05) is 11.5 Å². The highest BCUT2D eigenvalue weighted by atomic mass is 32.2. The fraction of sp³-hybridized carbons (Fsp3) is 0.421. The second-order valence-corrected chi connectivity index (χ2v) is 16.3. The first-order valence-corrected chi connectivity index (χ1v) is 19.4. The van der Waals surface area contributed by atoms with Crippen molar-refractivity contribution >= 4 is 47.3 Å². The van der Waals surface area contributed by atoms with Crippen LogP contribution in [-0.4, -0.2) is 83.2 Å². The number of aromatic hydroxyl groups is 1. The van der Waals surface area contributed by atoms with Crippen molar-refractivity contribution in [3.63, 3.8) is 0 Å². The first-order chi connectivity index (χ1) is 24.6. The van der Waals surface area contributed by atoms with Crippen molar-refractivity contribution in [1.82, 2.24) is 20.4 Å². The number of aliphatic carboxylic acids is 2. The fourth-order valence-corrected chi connectivity index (χ4v) is 11.2. The number of amides is 2. The smallest absolute Gasteiger partial charge is 0.326 e. The van der Waals surface area contributed by atoms with Gasteiger partial charge in [0.2, 0.25) is 11.8 Å². The summed E-state index contributed by atoms with van der Waals surface area (Å²) >= 11 is 3.25. The Morgan fingerprint density at radius 2 is 1.18 bits per heavy atom. The maximum atomic E-state index is 13.6. The lowest BCUT2D eigenvalue weighted by Crippen LogP contribution is -2.70. The summed E-state index contributed by atoms with van der Waals surface area (Å²) < 4.78 is 0. The number of carbonyl (C=O) groups excluding carboxylic acids is 2. The number of phenolic OH excluding ortho intramolecular Hbond substituents is 1. The predicted molar refractivity (Wildman–Crippen MR) is 194 cm³/mol. The van der Waals surface area contributed by atoms with Crippen LogP contribution in [0.15, 0.2) is 78.9 Å². The van der Waals surface area contributed by atoms with Gasteiger partial charge in [-0.25, -0.2) is 9.59 Å². The third-order valence-corrected chi connectivity index (χ3v) is 13.9. The van der Waals surface area contributed by atoms with E-state index in [9.17, 15) is 34.5 Å². The van der Waals surface area contributed by atoms with E-state index in [0.29, 0.717) is 23.6 Å². The number of phenols is 1. The Kier molecular flexibility index (Phi) is 10.1. The lowest BCUT2D eigenvalue weighted by molar-refractivity contribution is -0.169. The van der Waals surface area contributed by atoms with Gasteiger partial charge >= 0.3 is 11.9 Å². The van der Waals surface area contributed by atoms with Crippen LogP contribution in [-0.2, 0) is 32.3 Å². The van der Waals surface area contributed by atoms with Gasteiger partial charge in [0, 0.05) is 42.2 Å². The minimum Gasteiger partial charge on any atom is -0.508 e. The molecule has 0 aromatic heterocycles. The van der Waals surface area contributed by atoms with Crippen LogP contribution in [0.25, 0.3) is 0 Å². The Labute approximate surface area is 305 Å². The molecule has 3 aromatic carbocycles. The first kappa shape index (κ1) is 35.4. The van der Waals surface area contributed by atoms with Gasteiger partial charge in [-0.1, -0.05) is 80.6 Å². The molecule has 4 aliphatic rings. The molecule has 0 bridgehead atoms. The van der Waals surface area contributed by atoms with Crippen molar-refractivity contribution in [3.8, 4) is 5.75 Å². The van der Waals surface area contributed by atoms with Crippen LogP contribution in [0.2, 0.25) is 0 Å². The van der Waals surface area contributed by atoms with E-state index < -0.39 is 41.9 Å². The SMILES string of the molecule is CC1CSC2C([C@H](NCc3cc(CN[C@@H](c4ccccc4)C4C(=O)N5C4SCC(C)C5C(=O)O)ccc3O)c3ccccc3)C(=O)N2C1C(=O)O. The van der Waals surface area contributed by atoms with Crippen LogP contribution in [0, 0.1) is 23.7 Å². The molecule has 5 N–H and O–H groups in total. The third-order valence-electron chi connectivity index (χ3n) is 10.7. The monoisotopic (exact) mass is 730 g/mol. The molecule has 10 atom stereocenters. The Morgan fingerprint density at radius 3 is 1.63 bits per heavy atom. The van der Waals surface area contributed by atoms with Crippen molar-refractivity contribution < 1.29 is 34.5 Å². The lowest BCUT2D eigenvalue weighted by Gasteiger charge is -2.56. The topological polar surface area (TPSA) is 160 Å². The third kappa shape index (κ3) is 6.49. The molecule has 51 heavy (non-hydrogen) atoms. The first-order valence-electron chi connectivity index (χ1n) is 17.3. The van der Waals surface area contributed by atoms with Gasteiger partial charge in [0.25, 0.3) is 0 Å². The maximum absolute atomic E-state index is 13.6. The number of nitrogens with zero attached hydrogens (tertiary/aromatic N) is 2. The zero-order valence-electron chi connectivity index (χ0n) is 28.3. The molecule has 2 amide bonds. The molecule has 4 aliphatic heterocycles. The standard InChI is InChI=1S/C38H42N4O7S2/c1-20-18-50-35-27(33(44)41(35)31(20)37(46)47)29(23-9-5-3-6-10-23)39-16-22-13-14-26(43)25(15-22)17-40-30(24-11-7-4-8-12-24)28-34(45)42-32(38(48)49)21(2)19-51-36(28)42/h3-15,20-21,27-32,35-36,39-40,43H,16-19H2,1-2H3,(H,46,47)(H,48,49)/t20?,21?,27?,28?,29-,30+,31?,32?,35?,36?/m0/s1. The van der Waals surface area contributed by atoms with E-state index in [1.165, 1.54) is 9.80 Å². The minimum absolute atomic E-state index is 0.100. The number of carboxylic acids is 2. The van der Waals surface area contributed by atoms with E-state index in [1.54, 1.807) is 29.6 Å². The number of rotatable bonds is 12. The number of fused-ring (bicyclic) bond motifs is 2. The van der Waals surface area contributed by atoms with Gasteiger partial charge in [0.1, 0.15) is 17.8 Å². The molecular weight excluding hydrogens is 689 g/mol. The van der Waals surface area contributed by atoms with E-state index in [-0.39, 0.29) is 52.7 Å². The molecule has 7 rings (SSSR count). The Morgan fingerprint density at radius 1 is 0.725 bits per heavy atom.